The van der Waals surface area contributed by atoms with Crippen LogP contribution in [0.3, 0.4) is 0 Å². The summed E-state index contributed by atoms with van der Waals surface area (Å²) in [6.07, 6.45) is 4.01. The van der Waals surface area contributed by atoms with E-state index in [1.54, 1.807) is 0 Å². The molecule has 1 aliphatic heterocycles. The molecule has 94 valence electrons. The molecule has 1 saturated heterocycles. The molecule has 0 bridgehead atoms. The van der Waals surface area contributed by atoms with Gasteiger partial charge < -0.3 is 4.74 Å². The average molecular weight is 417 g/mol. The molecule has 2 rings (SSSR count). The quantitative estimate of drug-likeness (QED) is 0.588. The number of hydrogen-bond acceptors (Lipinski definition) is 1. The zero-order chi connectivity index (χ0) is 11.1. The minimum absolute atomic E-state index is 0. The van der Waals surface area contributed by atoms with Crippen LogP contribution in [0.4, 0.5) is 0 Å². The van der Waals surface area contributed by atoms with E-state index in [1.807, 2.05) is 0 Å². The third-order valence-electron chi connectivity index (χ3n) is 2.63. The summed E-state index contributed by atoms with van der Waals surface area (Å²) in [7, 11) is 1.23. The molecule has 1 fully saturated rings. The van der Waals surface area contributed by atoms with E-state index in [9.17, 15) is 0 Å². The monoisotopic (exact) mass is 417 g/mol. The van der Waals surface area contributed by atoms with Crippen molar-refractivity contribution >= 4 is 10.2 Å². The Morgan fingerprint density at radius 2 is 1.56 bits per heavy atom. The Bertz CT molecular complexity index is 247. The van der Waals surface area contributed by atoms with Crippen LogP contribution in [-0.2, 0) is 25.8 Å². The minimum atomic E-state index is 0. The fourth-order valence-electron chi connectivity index (χ4n) is 1.54. The van der Waals surface area contributed by atoms with Gasteiger partial charge in [0.1, 0.15) is 0 Å². The van der Waals surface area contributed by atoms with E-state index in [2.05, 4.69) is 38.1 Å². The normalized spacial score (nSPS) is 19.2. The van der Waals surface area contributed by atoms with E-state index in [-0.39, 0.29) is 21.1 Å². The number of benzene rings is 1. The molecular formula is C13H22OPtSi. The maximum Gasteiger partial charge on any atom is 0.0465 e. The predicted molar refractivity (Wildman–Crippen MR) is 69.4 cm³/mol. The first kappa shape index (κ1) is 16.1. The molecule has 0 saturated carbocycles. The summed E-state index contributed by atoms with van der Waals surface area (Å²) >= 11 is 0. The molecular weight excluding hydrogens is 395 g/mol. The SMILES string of the molecule is Cc1ccc(C)cc1.[Pt].[SiH3]C1CCCCO1. The molecule has 1 aromatic rings. The van der Waals surface area contributed by atoms with Crippen LogP contribution in [0.25, 0.3) is 0 Å². The maximum absolute atomic E-state index is 5.34. The second-order valence-corrected chi connectivity index (χ2v) is 5.62. The molecule has 1 heterocycles. The van der Waals surface area contributed by atoms with Crippen molar-refractivity contribution in [2.24, 2.45) is 0 Å². The van der Waals surface area contributed by atoms with Gasteiger partial charge in [0.15, 0.2) is 0 Å². The number of ether oxygens (including phenoxy) is 1. The minimum Gasteiger partial charge on any atom is -0.383 e. The second kappa shape index (κ2) is 9.15. The molecule has 16 heavy (non-hydrogen) atoms. The van der Waals surface area contributed by atoms with Gasteiger partial charge in [-0.3, -0.25) is 0 Å². The van der Waals surface area contributed by atoms with Gasteiger partial charge in [0.2, 0.25) is 0 Å². The number of rotatable bonds is 0. The molecule has 1 atom stereocenters. The first-order valence-corrected chi connectivity index (χ1v) is 6.99. The van der Waals surface area contributed by atoms with E-state index in [0.29, 0.717) is 5.73 Å². The largest absolute Gasteiger partial charge is 0.383 e. The summed E-state index contributed by atoms with van der Waals surface area (Å²) in [5, 5.41) is 0. The van der Waals surface area contributed by atoms with Crippen molar-refractivity contribution in [1.82, 2.24) is 0 Å². The molecule has 0 amide bonds. The summed E-state index contributed by atoms with van der Waals surface area (Å²) < 4.78 is 5.34. The molecule has 0 N–H and O–H groups in total. The van der Waals surface area contributed by atoms with Crippen molar-refractivity contribution in [1.29, 1.82) is 0 Å². The summed E-state index contributed by atoms with van der Waals surface area (Å²) in [5.41, 5.74) is 3.33. The number of hydrogen-bond donors (Lipinski definition) is 0. The Kier molecular flexibility index (Phi) is 9.20. The van der Waals surface area contributed by atoms with Crippen LogP contribution in [0, 0.1) is 13.8 Å². The Morgan fingerprint density at radius 1 is 1.06 bits per heavy atom. The molecule has 0 radical (unpaired) electrons. The first-order chi connectivity index (χ1) is 7.18. The summed E-state index contributed by atoms with van der Waals surface area (Å²) in [6, 6.07) is 8.48. The van der Waals surface area contributed by atoms with Gasteiger partial charge >= 0.3 is 0 Å². The molecule has 1 aromatic carbocycles. The van der Waals surface area contributed by atoms with Crippen LogP contribution in [0.1, 0.15) is 30.4 Å². The third-order valence-corrected chi connectivity index (χ3v) is 3.54. The van der Waals surface area contributed by atoms with Crippen LogP contribution in [0.2, 0.25) is 0 Å². The van der Waals surface area contributed by atoms with Crippen LogP contribution in [0.15, 0.2) is 24.3 Å². The van der Waals surface area contributed by atoms with E-state index in [0.717, 1.165) is 6.61 Å². The third kappa shape index (κ3) is 7.37. The predicted octanol–water partition coefficient (Wildman–Crippen LogP) is 2.18. The van der Waals surface area contributed by atoms with Crippen LogP contribution in [-0.4, -0.2) is 22.6 Å². The van der Waals surface area contributed by atoms with Gasteiger partial charge in [0.25, 0.3) is 0 Å². The van der Waals surface area contributed by atoms with Crippen LogP contribution in [0.5, 0.6) is 0 Å². The molecule has 3 heteroatoms. The van der Waals surface area contributed by atoms with Crippen molar-refractivity contribution < 1.29 is 25.8 Å². The summed E-state index contributed by atoms with van der Waals surface area (Å²) in [4.78, 5) is 0. The average Bonchev–Trinajstić information content (AvgIpc) is 2.25. The van der Waals surface area contributed by atoms with E-state index in [4.69, 9.17) is 4.74 Å². The molecule has 0 aliphatic carbocycles. The Morgan fingerprint density at radius 3 is 1.81 bits per heavy atom. The van der Waals surface area contributed by atoms with Gasteiger partial charge in [0, 0.05) is 43.6 Å². The zero-order valence-corrected chi connectivity index (χ0v) is 14.7. The molecule has 0 aromatic heterocycles. The smallest absolute Gasteiger partial charge is 0.0465 e. The molecule has 1 unspecified atom stereocenters. The molecule has 1 nitrogen and oxygen atoms in total. The van der Waals surface area contributed by atoms with E-state index < -0.39 is 0 Å². The second-order valence-electron chi connectivity index (χ2n) is 4.33. The summed E-state index contributed by atoms with van der Waals surface area (Å²) in [5.74, 6) is 0. The molecule has 0 spiro atoms. The Balaban J connectivity index is 0.000000267. The van der Waals surface area contributed by atoms with Crippen molar-refractivity contribution in [3.05, 3.63) is 35.4 Å². The van der Waals surface area contributed by atoms with Gasteiger partial charge in [-0.25, -0.2) is 0 Å². The van der Waals surface area contributed by atoms with E-state index >= 15 is 0 Å². The zero-order valence-electron chi connectivity index (χ0n) is 10.4. The van der Waals surface area contributed by atoms with Gasteiger partial charge in [-0.05, 0) is 33.1 Å². The number of aryl methyl sites for hydroxylation is 2. The van der Waals surface area contributed by atoms with Crippen LogP contribution >= 0.6 is 0 Å². The van der Waals surface area contributed by atoms with Gasteiger partial charge in [0.05, 0.1) is 0 Å². The van der Waals surface area contributed by atoms with Gasteiger partial charge in [-0.15, -0.1) is 0 Å². The van der Waals surface area contributed by atoms with Crippen molar-refractivity contribution in [3.63, 3.8) is 0 Å². The van der Waals surface area contributed by atoms with E-state index in [1.165, 1.54) is 40.6 Å². The maximum atomic E-state index is 5.34. The van der Waals surface area contributed by atoms with Gasteiger partial charge in [-0.2, -0.15) is 0 Å². The molecule has 1 aliphatic rings. The topological polar surface area (TPSA) is 9.23 Å². The summed E-state index contributed by atoms with van der Waals surface area (Å²) in [6.45, 7) is 5.22. The standard InChI is InChI=1S/C8H10.C5H12OSi.Pt/c1-7-3-5-8(2)6-4-7;7-5-3-1-2-4-6-5;/h3-6H,1-2H3;5H,1-4H2,7H3;. The van der Waals surface area contributed by atoms with Crippen molar-refractivity contribution in [2.75, 3.05) is 6.61 Å². The Labute approximate surface area is 117 Å². The van der Waals surface area contributed by atoms with Gasteiger partial charge in [-0.1, -0.05) is 35.4 Å². The van der Waals surface area contributed by atoms with Crippen molar-refractivity contribution in [2.45, 2.75) is 38.8 Å². The first-order valence-electron chi connectivity index (χ1n) is 5.83. The van der Waals surface area contributed by atoms with Crippen LogP contribution < -0.4 is 0 Å². The van der Waals surface area contributed by atoms with Crippen molar-refractivity contribution in [3.8, 4) is 0 Å². The Hall–Kier alpha value is 0.0852. The fourth-order valence-corrected chi connectivity index (χ4v) is 2.18. The fraction of sp³-hybridized carbons (Fsp3) is 0.538.